The molecule has 0 aromatic heterocycles. The van der Waals surface area contributed by atoms with Crippen LogP contribution in [-0.2, 0) is 16.0 Å². The highest BCUT2D eigenvalue weighted by atomic mass is 16.5. The maximum Gasteiger partial charge on any atom is 0.330 e. The SMILES string of the molecule is CC1CC(/C=C/C(=O)OCCc2ccc(N)cc2)=CC=C1N. The van der Waals surface area contributed by atoms with Gasteiger partial charge in [-0.3, -0.25) is 0 Å². The van der Waals surface area contributed by atoms with Crippen LogP contribution in [0.15, 0.2) is 59.8 Å². The summed E-state index contributed by atoms with van der Waals surface area (Å²) >= 11 is 0. The van der Waals surface area contributed by atoms with Gasteiger partial charge < -0.3 is 16.2 Å². The van der Waals surface area contributed by atoms with E-state index in [1.54, 1.807) is 6.08 Å². The zero-order chi connectivity index (χ0) is 15.9. The lowest BCUT2D eigenvalue weighted by molar-refractivity contribution is -0.137. The number of rotatable bonds is 5. The largest absolute Gasteiger partial charge is 0.462 e. The van der Waals surface area contributed by atoms with Crippen molar-refractivity contribution in [1.82, 2.24) is 0 Å². The third-order valence-electron chi connectivity index (χ3n) is 3.65. The molecule has 0 fully saturated rings. The van der Waals surface area contributed by atoms with Crippen LogP contribution in [0.25, 0.3) is 0 Å². The molecule has 4 nitrogen and oxygen atoms in total. The minimum atomic E-state index is -0.327. The van der Waals surface area contributed by atoms with E-state index in [2.05, 4.69) is 6.92 Å². The third kappa shape index (κ3) is 4.81. The summed E-state index contributed by atoms with van der Waals surface area (Å²) in [5.41, 5.74) is 15.2. The van der Waals surface area contributed by atoms with Crippen molar-refractivity contribution in [3.8, 4) is 0 Å². The maximum atomic E-state index is 11.7. The number of carbonyl (C=O) groups is 1. The van der Waals surface area contributed by atoms with Crippen LogP contribution >= 0.6 is 0 Å². The number of hydrogen-bond donors (Lipinski definition) is 2. The molecule has 1 unspecified atom stereocenters. The second-order valence-electron chi connectivity index (χ2n) is 5.51. The van der Waals surface area contributed by atoms with Crippen LogP contribution in [0, 0.1) is 5.92 Å². The molecule has 1 aromatic rings. The van der Waals surface area contributed by atoms with Gasteiger partial charge in [-0.15, -0.1) is 0 Å². The lowest BCUT2D eigenvalue weighted by Crippen LogP contribution is -2.12. The predicted molar refractivity (Wildman–Crippen MR) is 88.8 cm³/mol. The number of nitrogens with two attached hydrogens (primary N) is 2. The van der Waals surface area contributed by atoms with Crippen molar-refractivity contribution in [3.63, 3.8) is 0 Å². The average molecular weight is 298 g/mol. The number of ether oxygens (including phenoxy) is 1. The van der Waals surface area contributed by atoms with E-state index in [9.17, 15) is 4.79 Å². The van der Waals surface area contributed by atoms with Crippen LogP contribution in [0.4, 0.5) is 5.69 Å². The van der Waals surface area contributed by atoms with Gasteiger partial charge in [0.05, 0.1) is 6.61 Å². The van der Waals surface area contributed by atoms with Gasteiger partial charge >= 0.3 is 5.97 Å². The molecule has 1 aromatic carbocycles. The molecule has 0 bridgehead atoms. The first-order valence-electron chi connectivity index (χ1n) is 7.40. The highest BCUT2D eigenvalue weighted by Crippen LogP contribution is 2.22. The molecule has 1 aliphatic carbocycles. The molecule has 0 radical (unpaired) electrons. The van der Waals surface area contributed by atoms with Crippen molar-refractivity contribution >= 4 is 11.7 Å². The van der Waals surface area contributed by atoms with Gasteiger partial charge in [-0.05, 0) is 41.7 Å². The van der Waals surface area contributed by atoms with Crippen LogP contribution < -0.4 is 11.5 Å². The Hall–Kier alpha value is -2.49. The first-order valence-corrected chi connectivity index (χ1v) is 7.40. The van der Waals surface area contributed by atoms with Gasteiger partial charge in [0.2, 0.25) is 0 Å². The lowest BCUT2D eigenvalue weighted by atomic mass is 9.93. The van der Waals surface area contributed by atoms with Gasteiger partial charge in [-0.1, -0.05) is 31.2 Å². The predicted octanol–water partition coefficient (Wildman–Crippen LogP) is 2.72. The molecule has 0 spiro atoms. The zero-order valence-corrected chi connectivity index (χ0v) is 12.8. The van der Waals surface area contributed by atoms with E-state index in [-0.39, 0.29) is 5.97 Å². The van der Waals surface area contributed by atoms with Gasteiger partial charge in [-0.25, -0.2) is 4.79 Å². The minimum absolute atomic E-state index is 0.311. The molecule has 0 amide bonds. The summed E-state index contributed by atoms with van der Waals surface area (Å²) < 4.78 is 5.19. The Morgan fingerprint density at radius 1 is 1.27 bits per heavy atom. The Balaban J connectivity index is 1.76. The van der Waals surface area contributed by atoms with Crippen molar-refractivity contribution in [2.45, 2.75) is 19.8 Å². The number of esters is 1. The first-order chi connectivity index (χ1) is 10.5. The summed E-state index contributed by atoms with van der Waals surface area (Å²) in [5, 5.41) is 0. The summed E-state index contributed by atoms with van der Waals surface area (Å²) in [6.45, 7) is 2.42. The van der Waals surface area contributed by atoms with Gasteiger partial charge in [0.15, 0.2) is 0 Å². The molecule has 4 heteroatoms. The Morgan fingerprint density at radius 3 is 2.68 bits per heavy atom. The highest BCUT2D eigenvalue weighted by Gasteiger charge is 2.10. The number of anilines is 1. The van der Waals surface area contributed by atoms with E-state index in [0.29, 0.717) is 18.9 Å². The molecule has 0 aliphatic heterocycles. The fourth-order valence-electron chi connectivity index (χ4n) is 2.21. The first kappa shape index (κ1) is 15.9. The average Bonchev–Trinajstić information content (AvgIpc) is 2.50. The molecule has 1 atom stereocenters. The number of benzene rings is 1. The number of carbonyl (C=O) groups excluding carboxylic acids is 1. The van der Waals surface area contributed by atoms with E-state index in [1.165, 1.54) is 6.08 Å². The van der Waals surface area contributed by atoms with Gasteiger partial charge in [0, 0.05) is 23.9 Å². The summed E-state index contributed by atoms with van der Waals surface area (Å²) in [7, 11) is 0. The minimum Gasteiger partial charge on any atom is -0.462 e. The van der Waals surface area contributed by atoms with Gasteiger partial charge in [0.1, 0.15) is 0 Å². The van der Waals surface area contributed by atoms with Crippen molar-refractivity contribution in [3.05, 3.63) is 65.4 Å². The Kier molecular flexibility index (Phi) is 5.42. The van der Waals surface area contributed by atoms with E-state index < -0.39 is 0 Å². The van der Waals surface area contributed by atoms with E-state index in [1.807, 2.05) is 36.4 Å². The van der Waals surface area contributed by atoms with Gasteiger partial charge in [-0.2, -0.15) is 0 Å². The molecule has 22 heavy (non-hydrogen) atoms. The summed E-state index contributed by atoms with van der Waals surface area (Å²) in [6.07, 6.45) is 8.62. The second kappa shape index (κ2) is 7.50. The zero-order valence-electron chi connectivity index (χ0n) is 12.8. The molecule has 1 aliphatic rings. The van der Waals surface area contributed by atoms with Crippen LogP contribution in [-0.4, -0.2) is 12.6 Å². The fourth-order valence-corrected chi connectivity index (χ4v) is 2.21. The van der Waals surface area contributed by atoms with Crippen LogP contribution in [0.2, 0.25) is 0 Å². The summed E-state index contributed by atoms with van der Waals surface area (Å²) in [6, 6.07) is 7.55. The van der Waals surface area contributed by atoms with Crippen molar-refractivity contribution in [2.24, 2.45) is 11.7 Å². The highest BCUT2D eigenvalue weighted by molar-refractivity contribution is 5.82. The Bertz CT molecular complexity index is 612. The maximum absolute atomic E-state index is 11.7. The molecule has 0 heterocycles. The third-order valence-corrected chi connectivity index (χ3v) is 3.65. The molecule has 4 N–H and O–H groups in total. The van der Waals surface area contributed by atoms with Crippen LogP contribution in [0.3, 0.4) is 0 Å². The summed E-state index contributed by atoms with van der Waals surface area (Å²) in [4.78, 5) is 11.7. The van der Waals surface area contributed by atoms with Crippen LogP contribution in [0.5, 0.6) is 0 Å². The Labute approximate surface area is 131 Å². The molecule has 0 saturated carbocycles. The van der Waals surface area contributed by atoms with Crippen molar-refractivity contribution in [2.75, 3.05) is 12.3 Å². The van der Waals surface area contributed by atoms with E-state index >= 15 is 0 Å². The fraction of sp³-hybridized carbons (Fsp3) is 0.278. The van der Waals surface area contributed by atoms with E-state index in [4.69, 9.17) is 16.2 Å². The number of allylic oxidation sites excluding steroid dienone is 5. The van der Waals surface area contributed by atoms with Gasteiger partial charge in [0.25, 0.3) is 0 Å². The summed E-state index contributed by atoms with van der Waals surface area (Å²) in [5.74, 6) is -0.0160. The topological polar surface area (TPSA) is 78.3 Å². The molecular weight excluding hydrogens is 276 g/mol. The van der Waals surface area contributed by atoms with Crippen LogP contribution in [0.1, 0.15) is 18.9 Å². The monoisotopic (exact) mass is 298 g/mol. The lowest BCUT2D eigenvalue weighted by Gasteiger charge is -2.16. The Morgan fingerprint density at radius 2 is 2.00 bits per heavy atom. The van der Waals surface area contributed by atoms with Crippen molar-refractivity contribution in [1.29, 1.82) is 0 Å². The second-order valence-corrected chi connectivity index (χ2v) is 5.51. The number of hydrogen-bond acceptors (Lipinski definition) is 4. The van der Waals surface area contributed by atoms with E-state index in [0.717, 1.165) is 28.9 Å². The molecular formula is C18H22N2O2. The molecule has 116 valence electrons. The smallest absolute Gasteiger partial charge is 0.330 e. The quantitative estimate of drug-likeness (QED) is 0.498. The molecule has 0 saturated heterocycles. The normalized spacial score (nSPS) is 18.0. The van der Waals surface area contributed by atoms with Crippen molar-refractivity contribution < 1.29 is 9.53 Å². The number of nitrogen functional groups attached to an aromatic ring is 1. The standard InChI is InChI=1S/C18H22N2O2/c1-13-12-15(4-8-17(13)20)5-9-18(21)22-11-10-14-2-6-16(19)7-3-14/h2-9,13H,10-12,19-20H2,1H3/b9-5+. The molecule has 2 rings (SSSR count).